The molecule has 1 aromatic heterocycles. The molecule has 3 rings (SSSR count). The van der Waals surface area contributed by atoms with Crippen LogP contribution in [0.3, 0.4) is 0 Å². The van der Waals surface area contributed by atoms with Crippen molar-refractivity contribution in [3.05, 3.63) is 71.1 Å². The van der Waals surface area contributed by atoms with Crippen LogP contribution in [0.15, 0.2) is 48.8 Å². The third kappa shape index (κ3) is 4.21. The van der Waals surface area contributed by atoms with Gasteiger partial charge in [0.1, 0.15) is 0 Å². The van der Waals surface area contributed by atoms with Gasteiger partial charge in [-0.1, -0.05) is 12.1 Å². The molecule has 1 amide bonds. The molecule has 0 aliphatic carbocycles. The van der Waals surface area contributed by atoms with E-state index in [2.05, 4.69) is 4.98 Å². The van der Waals surface area contributed by atoms with E-state index < -0.39 is 18.1 Å². The fourth-order valence-corrected chi connectivity index (χ4v) is 3.12. The van der Waals surface area contributed by atoms with Crippen molar-refractivity contribution in [3.63, 3.8) is 0 Å². The number of carbonyl (C=O) groups is 2. The molecule has 0 bridgehead atoms. The Morgan fingerprint density at radius 2 is 1.82 bits per heavy atom. The molecule has 0 unspecified atom stereocenters. The summed E-state index contributed by atoms with van der Waals surface area (Å²) >= 11 is 0. The minimum atomic E-state index is -4.90. The molecule has 0 atom stereocenters. The third-order valence-electron chi connectivity index (χ3n) is 4.51. The zero-order valence-corrected chi connectivity index (χ0v) is 15.0. The molecule has 1 aliphatic heterocycles. The lowest BCUT2D eigenvalue weighted by Crippen LogP contribution is -2.43. The van der Waals surface area contributed by atoms with Crippen LogP contribution in [-0.2, 0) is 27.3 Å². The summed E-state index contributed by atoms with van der Waals surface area (Å²) in [5.41, 5.74) is 3.39. The average molecular weight is 390 g/mol. The number of carbonyl (C=O) groups excluding carboxylic acids is 2. The summed E-state index contributed by atoms with van der Waals surface area (Å²) in [7, 11) is 1.26. The maximum atomic E-state index is 12.8. The maximum absolute atomic E-state index is 12.8. The van der Waals surface area contributed by atoms with E-state index in [0.717, 1.165) is 10.5 Å². The number of alkyl halides is 3. The summed E-state index contributed by atoms with van der Waals surface area (Å²) in [6.45, 7) is -0.122. The summed E-state index contributed by atoms with van der Waals surface area (Å²) < 4.78 is 43.0. The van der Waals surface area contributed by atoms with Gasteiger partial charge >= 0.3 is 18.1 Å². The molecule has 0 saturated carbocycles. The standard InChI is InChI=1S/C20H17F3N2O3/c1-28-18(26)11-17(14-4-7-24-8-5-14)15-3-2-13-6-9-25(12-16(13)10-15)19(27)20(21,22)23/h2-5,7-8,10-11H,6,9,12H2,1H3. The SMILES string of the molecule is COC(=O)C=C(c1ccncc1)c1ccc2c(c1)CN(C(=O)C(F)(F)F)CC2. The lowest BCUT2D eigenvalue weighted by molar-refractivity contribution is -0.186. The fourth-order valence-electron chi connectivity index (χ4n) is 3.12. The Kier molecular flexibility index (Phi) is 5.48. The Morgan fingerprint density at radius 1 is 1.11 bits per heavy atom. The first-order valence-corrected chi connectivity index (χ1v) is 8.48. The highest BCUT2D eigenvalue weighted by molar-refractivity contribution is 5.96. The monoisotopic (exact) mass is 390 g/mol. The zero-order chi connectivity index (χ0) is 20.3. The van der Waals surface area contributed by atoms with Crippen LogP contribution in [-0.4, -0.2) is 41.6 Å². The van der Waals surface area contributed by atoms with Gasteiger partial charge in [-0.3, -0.25) is 9.78 Å². The second-order valence-electron chi connectivity index (χ2n) is 6.28. The van der Waals surface area contributed by atoms with Crippen LogP contribution in [0.1, 0.15) is 22.3 Å². The van der Waals surface area contributed by atoms with Gasteiger partial charge in [-0.15, -0.1) is 0 Å². The molecule has 5 nitrogen and oxygen atoms in total. The Labute approximate surface area is 159 Å². The zero-order valence-electron chi connectivity index (χ0n) is 15.0. The lowest BCUT2D eigenvalue weighted by atomic mass is 9.92. The molecule has 0 fully saturated rings. The number of fused-ring (bicyclic) bond motifs is 1. The van der Waals surface area contributed by atoms with Crippen LogP contribution < -0.4 is 0 Å². The van der Waals surface area contributed by atoms with Crippen molar-refractivity contribution in [1.82, 2.24) is 9.88 Å². The second-order valence-corrected chi connectivity index (χ2v) is 6.28. The van der Waals surface area contributed by atoms with Crippen LogP contribution in [0.4, 0.5) is 13.2 Å². The number of halogens is 3. The fraction of sp³-hybridized carbons (Fsp3) is 0.250. The molecule has 0 radical (unpaired) electrons. The van der Waals surface area contributed by atoms with Crippen molar-refractivity contribution in [1.29, 1.82) is 0 Å². The Morgan fingerprint density at radius 3 is 2.46 bits per heavy atom. The number of esters is 1. The number of hydrogen-bond donors (Lipinski definition) is 0. The second kappa shape index (κ2) is 7.84. The Balaban J connectivity index is 1.98. The van der Waals surface area contributed by atoms with Crippen LogP contribution in [0.25, 0.3) is 5.57 Å². The van der Waals surface area contributed by atoms with Gasteiger partial charge in [0.05, 0.1) is 7.11 Å². The van der Waals surface area contributed by atoms with Crippen molar-refractivity contribution < 1.29 is 27.5 Å². The first-order valence-electron chi connectivity index (χ1n) is 8.48. The summed E-state index contributed by atoms with van der Waals surface area (Å²) in [5.74, 6) is -2.40. The molecule has 2 aromatic rings. The lowest BCUT2D eigenvalue weighted by Gasteiger charge is -2.30. The highest BCUT2D eigenvalue weighted by atomic mass is 19.4. The Bertz CT molecular complexity index is 924. The number of benzene rings is 1. The molecular weight excluding hydrogens is 373 g/mol. The van der Waals surface area contributed by atoms with Crippen LogP contribution in [0, 0.1) is 0 Å². The maximum Gasteiger partial charge on any atom is 0.471 e. The summed E-state index contributed by atoms with van der Waals surface area (Å²) in [6, 6.07) is 8.75. The van der Waals surface area contributed by atoms with E-state index >= 15 is 0 Å². The van der Waals surface area contributed by atoms with E-state index in [1.54, 1.807) is 36.7 Å². The molecule has 0 N–H and O–H groups in total. The minimum Gasteiger partial charge on any atom is -0.466 e. The van der Waals surface area contributed by atoms with Gasteiger partial charge in [-0.2, -0.15) is 13.2 Å². The van der Waals surface area contributed by atoms with Crippen molar-refractivity contribution in [3.8, 4) is 0 Å². The quantitative estimate of drug-likeness (QED) is 0.597. The summed E-state index contributed by atoms with van der Waals surface area (Å²) in [5, 5.41) is 0. The highest BCUT2D eigenvalue weighted by Crippen LogP contribution is 2.29. The topological polar surface area (TPSA) is 59.5 Å². The number of nitrogens with zero attached hydrogens (tertiary/aromatic N) is 2. The van der Waals surface area contributed by atoms with E-state index in [4.69, 9.17) is 4.74 Å². The van der Waals surface area contributed by atoms with Gasteiger partial charge in [-0.25, -0.2) is 4.79 Å². The van der Waals surface area contributed by atoms with E-state index in [-0.39, 0.29) is 13.1 Å². The number of ether oxygens (including phenoxy) is 1. The number of amides is 1. The van der Waals surface area contributed by atoms with Crippen LogP contribution in [0.5, 0.6) is 0 Å². The average Bonchev–Trinajstić information content (AvgIpc) is 2.70. The van der Waals surface area contributed by atoms with Crippen LogP contribution >= 0.6 is 0 Å². The van der Waals surface area contributed by atoms with E-state index in [9.17, 15) is 22.8 Å². The molecule has 146 valence electrons. The molecule has 1 aliphatic rings. The van der Waals surface area contributed by atoms with Gasteiger partial charge in [0.2, 0.25) is 0 Å². The molecule has 2 heterocycles. The number of rotatable bonds is 3. The van der Waals surface area contributed by atoms with Crippen molar-refractivity contribution in [2.45, 2.75) is 19.1 Å². The van der Waals surface area contributed by atoms with Gasteiger partial charge < -0.3 is 9.64 Å². The first-order chi connectivity index (χ1) is 13.3. The van der Waals surface area contributed by atoms with Gasteiger partial charge in [0.15, 0.2) is 0 Å². The van der Waals surface area contributed by atoms with Gasteiger partial charge in [0.25, 0.3) is 0 Å². The molecule has 0 saturated heterocycles. The summed E-state index contributed by atoms with van der Waals surface area (Å²) in [6.07, 6.45) is -0.103. The van der Waals surface area contributed by atoms with Crippen molar-refractivity contribution >= 4 is 17.4 Å². The van der Waals surface area contributed by atoms with E-state index in [1.807, 2.05) is 6.07 Å². The minimum absolute atomic E-state index is 0.0138. The molecule has 1 aromatic carbocycles. The third-order valence-corrected chi connectivity index (χ3v) is 4.51. The van der Waals surface area contributed by atoms with E-state index in [0.29, 0.717) is 28.7 Å². The molecule has 8 heteroatoms. The Hall–Kier alpha value is -3.16. The number of pyridine rings is 1. The predicted octanol–water partition coefficient (Wildman–Crippen LogP) is 3.13. The largest absolute Gasteiger partial charge is 0.471 e. The predicted molar refractivity (Wildman–Crippen MR) is 95.0 cm³/mol. The van der Waals surface area contributed by atoms with Gasteiger partial charge in [-0.05, 0) is 52.4 Å². The van der Waals surface area contributed by atoms with Crippen molar-refractivity contribution in [2.75, 3.05) is 13.7 Å². The normalized spacial score (nSPS) is 14.4. The number of methoxy groups -OCH3 is 1. The van der Waals surface area contributed by atoms with Crippen LogP contribution in [0.2, 0.25) is 0 Å². The number of hydrogen-bond acceptors (Lipinski definition) is 4. The van der Waals surface area contributed by atoms with Gasteiger partial charge in [0, 0.05) is 31.6 Å². The molecule has 28 heavy (non-hydrogen) atoms. The summed E-state index contributed by atoms with van der Waals surface area (Å²) in [4.78, 5) is 28.1. The highest BCUT2D eigenvalue weighted by Gasteiger charge is 2.43. The molecular formula is C20H17F3N2O3. The first kappa shape index (κ1) is 19.6. The number of aromatic nitrogens is 1. The van der Waals surface area contributed by atoms with Crippen molar-refractivity contribution in [2.24, 2.45) is 0 Å². The molecule has 0 spiro atoms. The van der Waals surface area contributed by atoms with E-state index in [1.165, 1.54) is 13.2 Å². The smallest absolute Gasteiger partial charge is 0.466 e.